The molecule has 0 fully saturated rings. The number of rotatable bonds is 8. The summed E-state index contributed by atoms with van der Waals surface area (Å²) in [5, 5.41) is 3.25. The summed E-state index contributed by atoms with van der Waals surface area (Å²) in [4.78, 5) is 20.9. The number of nitrogens with zero attached hydrogens (tertiary/aromatic N) is 3. The Morgan fingerprint density at radius 1 is 1.12 bits per heavy atom. The smallest absolute Gasteiger partial charge is 0.255 e. The first kappa shape index (κ1) is 17.9. The molecular weight excluding hydrogens is 300 g/mol. The fourth-order valence-corrected chi connectivity index (χ4v) is 2.35. The van der Waals surface area contributed by atoms with E-state index in [4.69, 9.17) is 0 Å². The van der Waals surface area contributed by atoms with Gasteiger partial charge < -0.3 is 15.1 Å². The zero-order valence-corrected chi connectivity index (χ0v) is 14.7. The summed E-state index contributed by atoms with van der Waals surface area (Å²) in [6.45, 7) is 5.02. The molecule has 1 N–H and O–H groups in total. The Hall–Kier alpha value is -2.40. The molecular formula is C19H26N4O. The highest BCUT2D eigenvalue weighted by Gasteiger charge is 2.14. The summed E-state index contributed by atoms with van der Waals surface area (Å²) in [6.07, 6.45) is 1.65. The molecule has 0 spiro atoms. The van der Waals surface area contributed by atoms with Gasteiger partial charge in [0.15, 0.2) is 0 Å². The molecule has 24 heavy (non-hydrogen) atoms. The molecule has 128 valence electrons. The van der Waals surface area contributed by atoms with Crippen molar-refractivity contribution in [3.63, 3.8) is 0 Å². The minimum atomic E-state index is 0.00805. The fourth-order valence-electron chi connectivity index (χ4n) is 2.35. The summed E-state index contributed by atoms with van der Waals surface area (Å²) in [5.74, 6) is 0.799. The van der Waals surface area contributed by atoms with Gasteiger partial charge in [0, 0.05) is 32.4 Å². The van der Waals surface area contributed by atoms with Gasteiger partial charge in [-0.3, -0.25) is 4.79 Å². The predicted octanol–water partition coefficient (Wildman–Crippen LogP) is 2.72. The highest BCUT2D eigenvalue weighted by atomic mass is 16.2. The molecule has 1 aromatic heterocycles. The zero-order chi connectivity index (χ0) is 17.4. The molecule has 0 saturated heterocycles. The predicted molar refractivity (Wildman–Crippen MR) is 98.1 cm³/mol. The summed E-state index contributed by atoms with van der Waals surface area (Å²) in [7, 11) is 4.06. The molecule has 5 heteroatoms. The molecule has 1 heterocycles. The maximum atomic E-state index is 12.7. The largest absolute Gasteiger partial charge is 0.369 e. The lowest BCUT2D eigenvalue weighted by atomic mass is 10.2. The molecule has 0 bridgehead atoms. The zero-order valence-electron chi connectivity index (χ0n) is 14.7. The number of anilines is 1. The summed E-state index contributed by atoms with van der Waals surface area (Å²) < 4.78 is 0. The van der Waals surface area contributed by atoms with Gasteiger partial charge in [0.1, 0.15) is 5.82 Å². The van der Waals surface area contributed by atoms with Crippen LogP contribution in [-0.2, 0) is 6.54 Å². The second-order valence-corrected chi connectivity index (χ2v) is 5.97. The summed E-state index contributed by atoms with van der Waals surface area (Å²) in [5.41, 5.74) is 1.74. The van der Waals surface area contributed by atoms with Crippen LogP contribution in [0.25, 0.3) is 0 Å². The van der Waals surface area contributed by atoms with E-state index in [0.717, 1.165) is 24.5 Å². The van der Waals surface area contributed by atoms with Crippen molar-refractivity contribution in [1.29, 1.82) is 0 Å². The standard InChI is InChI=1S/C19H26N4O/c1-4-23(15-16-8-6-5-7-9-16)19(24)17-10-11-18(21-14-17)20-12-13-22(2)3/h5-11,14H,4,12-13,15H2,1-3H3,(H,20,21). The topological polar surface area (TPSA) is 48.5 Å². The number of aromatic nitrogens is 1. The Kier molecular flexibility index (Phi) is 6.75. The van der Waals surface area contributed by atoms with Crippen molar-refractivity contribution in [2.75, 3.05) is 39.0 Å². The molecule has 0 aliphatic rings. The van der Waals surface area contributed by atoms with Gasteiger partial charge in [0.2, 0.25) is 0 Å². The molecule has 2 rings (SSSR count). The maximum Gasteiger partial charge on any atom is 0.255 e. The Labute approximate surface area is 144 Å². The van der Waals surface area contributed by atoms with E-state index in [0.29, 0.717) is 18.7 Å². The van der Waals surface area contributed by atoms with Crippen molar-refractivity contribution >= 4 is 11.7 Å². The van der Waals surface area contributed by atoms with Gasteiger partial charge in [-0.25, -0.2) is 4.98 Å². The van der Waals surface area contributed by atoms with Gasteiger partial charge in [-0.2, -0.15) is 0 Å². The van der Waals surface area contributed by atoms with Crippen molar-refractivity contribution in [2.24, 2.45) is 0 Å². The molecule has 1 aromatic carbocycles. The summed E-state index contributed by atoms with van der Waals surface area (Å²) >= 11 is 0. The van der Waals surface area contributed by atoms with E-state index >= 15 is 0 Å². The number of benzene rings is 1. The number of carbonyl (C=O) groups excluding carboxylic acids is 1. The van der Waals surface area contributed by atoms with Crippen LogP contribution in [0.5, 0.6) is 0 Å². The molecule has 1 amide bonds. The number of nitrogens with one attached hydrogen (secondary N) is 1. The van der Waals surface area contributed by atoms with Gasteiger partial charge in [0.25, 0.3) is 5.91 Å². The van der Waals surface area contributed by atoms with Crippen molar-refractivity contribution in [1.82, 2.24) is 14.8 Å². The Morgan fingerprint density at radius 2 is 1.88 bits per heavy atom. The van der Waals surface area contributed by atoms with Gasteiger partial charge in [-0.1, -0.05) is 30.3 Å². The highest BCUT2D eigenvalue weighted by molar-refractivity contribution is 5.94. The van der Waals surface area contributed by atoms with Crippen molar-refractivity contribution in [3.05, 3.63) is 59.8 Å². The molecule has 0 aliphatic heterocycles. The molecule has 0 atom stereocenters. The molecule has 5 nitrogen and oxygen atoms in total. The first-order valence-corrected chi connectivity index (χ1v) is 8.28. The van der Waals surface area contributed by atoms with Crippen LogP contribution >= 0.6 is 0 Å². The summed E-state index contributed by atoms with van der Waals surface area (Å²) in [6, 6.07) is 13.7. The number of likely N-dealkylation sites (N-methyl/N-ethyl adjacent to an activating group) is 1. The third-order valence-electron chi connectivity index (χ3n) is 3.76. The van der Waals surface area contributed by atoms with Gasteiger partial charge in [-0.05, 0) is 38.7 Å². The fraction of sp³-hybridized carbons (Fsp3) is 0.368. The van der Waals surface area contributed by atoms with E-state index in [1.54, 1.807) is 6.20 Å². The van der Waals surface area contributed by atoms with E-state index in [9.17, 15) is 4.79 Å². The van der Waals surface area contributed by atoms with Crippen LogP contribution in [0, 0.1) is 0 Å². The monoisotopic (exact) mass is 326 g/mol. The number of carbonyl (C=O) groups is 1. The van der Waals surface area contributed by atoms with Crippen LogP contribution in [0.15, 0.2) is 48.7 Å². The van der Waals surface area contributed by atoms with Crippen molar-refractivity contribution in [2.45, 2.75) is 13.5 Å². The van der Waals surface area contributed by atoms with E-state index in [2.05, 4.69) is 15.2 Å². The van der Waals surface area contributed by atoms with Crippen molar-refractivity contribution < 1.29 is 4.79 Å². The SMILES string of the molecule is CCN(Cc1ccccc1)C(=O)c1ccc(NCCN(C)C)nc1. The van der Waals surface area contributed by atoms with Crippen LogP contribution in [0.3, 0.4) is 0 Å². The number of hydrogen-bond donors (Lipinski definition) is 1. The minimum absolute atomic E-state index is 0.00805. The van der Waals surface area contributed by atoms with E-state index in [1.807, 2.05) is 68.4 Å². The maximum absolute atomic E-state index is 12.7. The Bertz CT molecular complexity index is 626. The number of pyridine rings is 1. The third kappa shape index (κ3) is 5.35. The van der Waals surface area contributed by atoms with Gasteiger partial charge in [-0.15, -0.1) is 0 Å². The number of hydrogen-bond acceptors (Lipinski definition) is 4. The second-order valence-electron chi connectivity index (χ2n) is 5.97. The molecule has 0 aliphatic carbocycles. The minimum Gasteiger partial charge on any atom is -0.369 e. The normalized spacial score (nSPS) is 10.7. The molecule has 0 unspecified atom stereocenters. The molecule has 0 radical (unpaired) electrons. The second kappa shape index (κ2) is 9.03. The number of amides is 1. The Balaban J connectivity index is 1.97. The van der Waals surface area contributed by atoms with Crippen LogP contribution < -0.4 is 5.32 Å². The average molecular weight is 326 g/mol. The van der Waals surface area contributed by atoms with E-state index < -0.39 is 0 Å². The molecule has 0 saturated carbocycles. The third-order valence-corrected chi connectivity index (χ3v) is 3.76. The van der Waals surface area contributed by atoms with E-state index in [1.165, 1.54) is 0 Å². The average Bonchev–Trinajstić information content (AvgIpc) is 2.60. The lowest BCUT2D eigenvalue weighted by Gasteiger charge is -2.21. The quantitative estimate of drug-likeness (QED) is 0.810. The van der Waals surface area contributed by atoms with Crippen molar-refractivity contribution in [3.8, 4) is 0 Å². The first-order valence-electron chi connectivity index (χ1n) is 8.28. The van der Waals surface area contributed by atoms with E-state index in [-0.39, 0.29) is 5.91 Å². The molecule has 2 aromatic rings. The first-order chi connectivity index (χ1) is 11.6. The van der Waals surface area contributed by atoms with Gasteiger partial charge in [0.05, 0.1) is 5.56 Å². The lowest BCUT2D eigenvalue weighted by molar-refractivity contribution is 0.0752. The lowest BCUT2D eigenvalue weighted by Crippen LogP contribution is -2.30. The highest BCUT2D eigenvalue weighted by Crippen LogP contribution is 2.11. The Morgan fingerprint density at radius 3 is 2.46 bits per heavy atom. The van der Waals surface area contributed by atoms with Crippen LogP contribution in [0.4, 0.5) is 5.82 Å². The van der Waals surface area contributed by atoms with Crippen LogP contribution in [0.2, 0.25) is 0 Å². The van der Waals surface area contributed by atoms with Crippen LogP contribution in [-0.4, -0.2) is 54.4 Å². The van der Waals surface area contributed by atoms with Crippen LogP contribution in [0.1, 0.15) is 22.8 Å². The van der Waals surface area contributed by atoms with Gasteiger partial charge >= 0.3 is 0 Å².